The maximum atomic E-state index is 12.7. The van der Waals surface area contributed by atoms with Crippen molar-refractivity contribution in [2.45, 2.75) is 19.8 Å². The molecule has 0 saturated carbocycles. The summed E-state index contributed by atoms with van der Waals surface area (Å²) in [5.74, 6) is 0.0422. The highest BCUT2D eigenvalue weighted by atomic mass is 32.2. The standard InChI is InChI=1S/C21H24N2O3S2/c1-16(14-17-6-3-2-4-7-17)15-18-20(25)23(21(27)28-18)9-5-8-19(24)22-10-12-26-13-11-22/h2-4,6-7,14-15H,5,8-13H2,1H3/b16-14-,18-15+. The van der Waals surface area contributed by atoms with E-state index in [9.17, 15) is 9.59 Å². The number of allylic oxidation sites excluding steroid dienone is 2. The smallest absolute Gasteiger partial charge is 0.266 e. The molecule has 3 rings (SSSR count). The van der Waals surface area contributed by atoms with Crippen LogP contribution in [0, 0.1) is 0 Å². The molecule has 0 atom stereocenters. The van der Waals surface area contributed by atoms with Crippen molar-refractivity contribution >= 4 is 46.2 Å². The molecule has 1 aromatic carbocycles. The number of amides is 2. The molecule has 2 aliphatic heterocycles. The van der Waals surface area contributed by atoms with E-state index in [1.54, 1.807) is 4.90 Å². The molecule has 0 spiro atoms. The second-order valence-corrected chi connectivity index (χ2v) is 8.40. The van der Waals surface area contributed by atoms with Crippen LogP contribution in [-0.4, -0.2) is 58.8 Å². The van der Waals surface area contributed by atoms with Gasteiger partial charge < -0.3 is 9.64 Å². The molecular formula is C21H24N2O3S2. The summed E-state index contributed by atoms with van der Waals surface area (Å²) in [5.41, 5.74) is 2.09. The Kier molecular flexibility index (Phi) is 7.42. The quantitative estimate of drug-likeness (QED) is 0.525. The van der Waals surface area contributed by atoms with E-state index < -0.39 is 0 Å². The maximum absolute atomic E-state index is 12.7. The van der Waals surface area contributed by atoms with Crippen LogP contribution in [0.3, 0.4) is 0 Å². The molecule has 2 amide bonds. The van der Waals surface area contributed by atoms with Gasteiger partial charge in [0, 0.05) is 26.1 Å². The first-order valence-electron chi connectivity index (χ1n) is 9.39. The molecule has 0 aromatic heterocycles. The Morgan fingerprint density at radius 2 is 1.96 bits per heavy atom. The summed E-state index contributed by atoms with van der Waals surface area (Å²) >= 11 is 6.70. The molecule has 0 radical (unpaired) electrons. The number of thiocarbonyl (C=S) groups is 1. The number of rotatable bonds is 6. The van der Waals surface area contributed by atoms with Crippen molar-refractivity contribution < 1.29 is 14.3 Å². The van der Waals surface area contributed by atoms with Gasteiger partial charge in [0.15, 0.2) is 0 Å². The molecule has 148 valence electrons. The molecule has 2 saturated heterocycles. The Labute approximate surface area is 175 Å². The summed E-state index contributed by atoms with van der Waals surface area (Å²) < 4.78 is 5.83. The van der Waals surface area contributed by atoms with Gasteiger partial charge in [-0.25, -0.2) is 0 Å². The van der Waals surface area contributed by atoms with Crippen molar-refractivity contribution in [2.75, 3.05) is 32.8 Å². The highest BCUT2D eigenvalue weighted by Gasteiger charge is 2.31. The van der Waals surface area contributed by atoms with Crippen molar-refractivity contribution in [1.82, 2.24) is 9.80 Å². The average Bonchev–Trinajstić information content (AvgIpc) is 2.96. The van der Waals surface area contributed by atoms with Crippen LogP contribution in [0.5, 0.6) is 0 Å². The second kappa shape index (κ2) is 10.0. The zero-order valence-electron chi connectivity index (χ0n) is 15.9. The van der Waals surface area contributed by atoms with Gasteiger partial charge in [-0.1, -0.05) is 60.4 Å². The van der Waals surface area contributed by atoms with Crippen molar-refractivity contribution in [3.05, 3.63) is 52.4 Å². The van der Waals surface area contributed by atoms with E-state index in [4.69, 9.17) is 17.0 Å². The van der Waals surface area contributed by atoms with E-state index in [0.717, 1.165) is 11.1 Å². The lowest BCUT2D eigenvalue weighted by Gasteiger charge is -2.27. The van der Waals surface area contributed by atoms with E-state index in [-0.39, 0.29) is 11.8 Å². The fourth-order valence-corrected chi connectivity index (χ4v) is 4.47. The first kappa shape index (κ1) is 20.8. The monoisotopic (exact) mass is 416 g/mol. The molecule has 7 heteroatoms. The predicted octanol–water partition coefficient (Wildman–Crippen LogP) is 3.47. The van der Waals surface area contributed by atoms with Gasteiger partial charge in [-0.2, -0.15) is 0 Å². The first-order chi connectivity index (χ1) is 13.5. The normalized spacial score (nSPS) is 19.6. The van der Waals surface area contributed by atoms with E-state index in [0.29, 0.717) is 54.9 Å². The lowest BCUT2D eigenvalue weighted by atomic mass is 10.1. The van der Waals surface area contributed by atoms with Crippen LogP contribution in [0.25, 0.3) is 6.08 Å². The van der Waals surface area contributed by atoms with E-state index in [2.05, 4.69) is 0 Å². The Hall–Kier alpha value is -1.96. The number of morpholine rings is 1. The summed E-state index contributed by atoms with van der Waals surface area (Å²) in [7, 11) is 0. The van der Waals surface area contributed by atoms with Crippen LogP contribution in [-0.2, 0) is 14.3 Å². The zero-order valence-corrected chi connectivity index (χ0v) is 17.6. The van der Waals surface area contributed by atoms with Crippen LogP contribution in [0.2, 0.25) is 0 Å². The third-order valence-electron chi connectivity index (χ3n) is 4.56. The first-order valence-corrected chi connectivity index (χ1v) is 10.6. The van der Waals surface area contributed by atoms with E-state index in [1.807, 2.05) is 54.3 Å². The fraction of sp³-hybridized carbons (Fsp3) is 0.381. The molecule has 2 fully saturated rings. The summed E-state index contributed by atoms with van der Waals surface area (Å²) in [6.07, 6.45) is 4.94. The largest absolute Gasteiger partial charge is 0.378 e. The minimum absolute atomic E-state index is 0.0744. The third kappa shape index (κ3) is 5.53. The topological polar surface area (TPSA) is 49.9 Å². The molecular weight excluding hydrogens is 392 g/mol. The number of carbonyl (C=O) groups excluding carboxylic acids is 2. The summed E-state index contributed by atoms with van der Waals surface area (Å²) in [4.78, 5) is 29.0. The lowest BCUT2D eigenvalue weighted by molar-refractivity contribution is -0.135. The second-order valence-electron chi connectivity index (χ2n) is 6.73. The predicted molar refractivity (Wildman–Crippen MR) is 117 cm³/mol. The molecule has 0 N–H and O–H groups in total. The third-order valence-corrected chi connectivity index (χ3v) is 5.94. The highest BCUT2D eigenvalue weighted by Crippen LogP contribution is 2.32. The van der Waals surface area contributed by atoms with Crippen molar-refractivity contribution in [3.8, 4) is 0 Å². The van der Waals surface area contributed by atoms with Crippen molar-refractivity contribution in [2.24, 2.45) is 0 Å². The van der Waals surface area contributed by atoms with Gasteiger partial charge in [-0.3, -0.25) is 14.5 Å². The molecule has 5 nitrogen and oxygen atoms in total. The molecule has 28 heavy (non-hydrogen) atoms. The van der Waals surface area contributed by atoms with Gasteiger partial charge in [-0.05, 0) is 30.6 Å². The van der Waals surface area contributed by atoms with Crippen LogP contribution in [0.1, 0.15) is 25.3 Å². The number of thioether (sulfide) groups is 1. The minimum atomic E-state index is -0.0744. The highest BCUT2D eigenvalue weighted by molar-refractivity contribution is 8.26. The van der Waals surface area contributed by atoms with Crippen molar-refractivity contribution in [1.29, 1.82) is 0 Å². The summed E-state index contributed by atoms with van der Waals surface area (Å²) in [6, 6.07) is 9.98. The van der Waals surface area contributed by atoms with Crippen LogP contribution < -0.4 is 0 Å². The van der Waals surface area contributed by atoms with Gasteiger partial charge in [-0.15, -0.1) is 0 Å². The van der Waals surface area contributed by atoms with Crippen LogP contribution in [0.4, 0.5) is 0 Å². The Bertz CT molecular complexity index is 799. The summed E-state index contributed by atoms with van der Waals surface area (Å²) in [6.45, 7) is 4.94. The van der Waals surface area contributed by atoms with E-state index in [1.165, 1.54) is 11.8 Å². The van der Waals surface area contributed by atoms with Gasteiger partial charge >= 0.3 is 0 Å². The van der Waals surface area contributed by atoms with Gasteiger partial charge in [0.2, 0.25) is 5.91 Å². The van der Waals surface area contributed by atoms with Crippen molar-refractivity contribution in [3.63, 3.8) is 0 Å². The van der Waals surface area contributed by atoms with E-state index >= 15 is 0 Å². The zero-order chi connectivity index (χ0) is 19.9. The SMILES string of the molecule is CC(=C/c1ccccc1)/C=C1/SC(=S)N(CCCC(=O)N2CCOCC2)C1=O. The number of benzene rings is 1. The number of nitrogens with zero attached hydrogens (tertiary/aromatic N) is 2. The number of ether oxygens (including phenoxy) is 1. The van der Waals surface area contributed by atoms with Gasteiger partial charge in [0.05, 0.1) is 18.1 Å². The molecule has 0 bridgehead atoms. The minimum Gasteiger partial charge on any atom is -0.378 e. The van der Waals surface area contributed by atoms with Gasteiger partial charge in [0.25, 0.3) is 5.91 Å². The molecule has 2 heterocycles. The molecule has 2 aliphatic rings. The Morgan fingerprint density at radius 3 is 2.68 bits per heavy atom. The lowest BCUT2D eigenvalue weighted by Crippen LogP contribution is -2.41. The molecule has 0 aliphatic carbocycles. The molecule has 0 unspecified atom stereocenters. The summed E-state index contributed by atoms with van der Waals surface area (Å²) in [5, 5.41) is 0. The number of carbonyl (C=O) groups is 2. The Morgan fingerprint density at radius 1 is 1.25 bits per heavy atom. The average molecular weight is 417 g/mol. The van der Waals surface area contributed by atoms with Crippen LogP contribution >= 0.6 is 24.0 Å². The van der Waals surface area contributed by atoms with Crippen LogP contribution in [0.15, 0.2) is 46.9 Å². The number of hydrogen-bond acceptors (Lipinski definition) is 5. The maximum Gasteiger partial charge on any atom is 0.266 e. The molecule has 1 aromatic rings. The number of hydrogen-bond donors (Lipinski definition) is 0. The Balaban J connectivity index is 1.54. The fourth-order valence-electron chi connectivity index (χ4n) is 3.11. The van der Waals surface area contributed by atoms with Gasteiger partial charge in [0.1, 0.15) is 4.32 Å².